The molecule has 4 nitrogen and oxygen atoms in total. The molecule has 152 valence electrons. The molecule has 2 saturated heterocycles. The molecule has 1 spiro atoms. The zero-order chi connectivity index (χ0) is 19.6. The second kappa shape index (κ2) is 8.26. The Morgan fingerprint density at radius 1 is 1.11 bits per heavy atom. The fraction of sp³-hybridized carbons (Fsp3) is 0.667. The number of rotatable bonds is 4. The Kier molecular flexibility index (Phi) is 5.75. The second-order valence-electron chi connectivity index (χ2n) is 9.16. The molecule has 3 fully saturated rings. The van der Waals surface area contributed by atoms with Crippen LogP contribution in [0.4, 0.5) is 0 Å². The van der Waals surface area contributed by atoms with Crippen LogP contribution in [0.25, 0.3) is 0 Å². The Morgan fingerprint density at radius 2 is 1.79 bits per heavy atom. The van der Waals surface area contributed by atoms with Crippen LogP contribution >= 0.6 is 0 Å². The van der Waals surface area contributed by atoms with Crippen molar-refractivity contribution in [2.45, 2.75) is 76.7 Å². The monoisotopic (exact) mass is 382 g/mol. The zero-order valence-electron chi connectivity index (χ0n) is 17.2. The van der Waals surface area contributed by atoms with E-state index < -0.39 is 0 Å². The normalized spacial score (nSPS) is 24.0. The lowest BCUT2D eigenvalue weighted by Gasteiger charge is -2.49. The van der Waals surface area contributed by atoms with E-state index in [1.165, 1.54) is 25.7 Å². The zero-order valence-corrected chi connectivity index (χ0v) is 17.2. The van der Waals surface area contributed by atoms with Gasteiger partial charge in [0.05, 0.1) is 5.92 Å². The molecule has 2 heterocycles. The standard InChI is InChI=1S/C24H34N2O2/c1-2-21(19-8-4-3-5-9-19)23(28)25-16-14-24(15-17-25)13-12-22(27)26(18-24)20-10-6-7-11-20/h3-5,8-9,20-21H,2,6-7,10-18H2,1H3. The van der Waals surface area contributed by atoms with E-state index in [1.54, 1.807) is 0 Å². The highest BCUT2D eigenvalue weighted by atomic mass is 16.2. The Morgan fingerprint density at radius 3 is 2.43 bits per heavy atom. The van der Waals surface area contributed by atoms with Crippen molar-refractivity contribution in [2.75, 3.05) is 19.6 Å². The number of carbonyl (C=O) groups is 2. The topological polar surface area (TPSA) is 40.6 Å². The third-order valence-electron chi connectivity index (χ3n) is 7.50. The van der Waals surface area contributed by atoms with Gasteiger partial charge in [0.1, 0.15) is 0 Å². The molecule has 28 heavy (non-hydrogen) atoms. The van der Waals surface area contributed by atoms with Gasteiger partial charge in [-0.05, 0) is 49.5 Å². The van der Waals surface area contributed by atoms with Crippen LogP contribution in [-0.4, -0.2) is 47.3 Å². The lowest BCUT2D eigenvalue weighted by Crippen LogP contribution is -2.54. The van der Waals surface area contributed by atoms with Crippen LogP contribution in [0.3, 0.4) is 0 Å². The van der Waals surface area contributed by atoms with Crippen LogP contribution < -0.4 is 0 Å². The van der Waals surface area contributed by atoms with Gasteiger partial charge in [0.15, 0.2) is 0 Å². The number of amides is 2. The molecule has 4 heteroatoms. The third-order valence-corrected chi connectivity index (χ3v) is 7.50. The lowest BCUT2D eigenvalue weighted by atomic mass is 9.71. The molecule has 1 aromatic rings. The lowest BCUT2D eigenvalue weighted by molar-refractivity contribution is -0.145. The first-order valence-electron chi connectivity index (χ1n) is 11.2. The number of piperidine rings is 2. The van der Waals surface area contributed by atoms with Crippen molar-refractivity contribution < 1.29 is 9.59 Å². The minimum absolute atomic E-state index is 0.0295. The van der Waals surface area contributed by atoms with Gasteiger partial charge in [0.25, 0.3) is 0 Å². The summed E-state index contributed by atoms with van der Waals surface area (Å²) in [6, 6.07) is 10.7. The van der Waals surface area contributed by atoms with Crippen molar-refractivity contribution in [1.82, 2.24) is 9.80 Å². The van der Waals surface area contributed by atoms with E-state index >= 15 is 0 Å². The first-order chi connectivity index (χ1) is 13.6. The highest BCUT2D eigenvalue weighted by Gasteiger charge is 2.44. The number of hydrogen-bond donors (Lipinski definition) is 0. The van der Waals surface area contributed by atoms with Crippen LogP contribution in [0.5, 0.6) is 0 Å². The molecule has 1 aromatic carbocycles. The molecule has 1 saturated carbocycles. The summed E-state index contributed by atoms with van der Waals surface area (Å²) in [6.45, 7) is 4.71. The largest absolute Gasteiger partial charge is 0.342 e. The smallest absolute Gasteiger partial charge is 0.230 e. The summed E-state index contributed by atoms with van der Waals surface area (Å²) in [4.78, 5) is 30.0. The van der Waals surface area contributed by atoms with E-state index in [4.69, 9.17) is 0 Å². The molecule has 2 amide bonds. The van der Waals surface area contributed by atoms with E-state index in [2.05, 4.69) is 28.9 Å². The van der Waals surface area contributed by atoms with E-state index in [1.807, 2.05) is 18.2 Å². The summed E-state index contributed by atoms with van der Waals surface area (Å²) >= 11 is 0. The summed E-state index contributed by atoms with van der Waals surface area (Å²) in [5.74, 6) is 0.618. The average Bonchev–Trinajstić information content (AvgIpc) is 3.27. The molecule has 1 unspecified atom stereocenters. The van der Waals surface area contributed by atoms with E-state index in [9.17, 15) is 9.59 Å². The highest BCUT2D eigenvalue weighted by Crippen LogP contribution is 2.42. The van der Waals surface area contributed by atoms with Crippen LogP contribution in [0, 0.1) is 5.41 Å². The van der Waals surface area contributed by atoms with Crippen molar-refractivity contribution in [1.29, 1.82) is 0 Å². The summed E-state index contributed by atoms with van der Waals surface area (Å²) in [5.41, 5.74) is 1.37. The maximum atomic E-state index is 13.2. The van der Waals surface area contributed by atoms with Gasteiger partial charge in [-0.2, -0.15) is 0 Å². The minimum Gasteiger partial charge on any atom is -0.342 e. The first kappa shape index (κ1) is 19.5. The Hall–Kier alpha value is -1.84. The molecular formula is C24H34N2O2. The molecule has 4 rings (SSSR count). The van der Waals surface area contributed by atoms with Crippen molar-refractivity contribution in [3.8, 4) is 0 Å². The van der Waals surface area contributed by atoms with Crippen molar-refractivity contribution in [2.24, 2.45) is 5.41 Å². The van der Waals surface area contributed by atoms with Gasteiger partial charge in [0, 0.05) is 32.1 Å². The van der Waals surface area contributed by atoms with Crippen molar-refractivity contribution in [3.63, 3.8) is 0 Å². The van der Waals surface area contributed by atoms with Gasteiger partial charge in [-0.3, -0.25) is 9.59 Å². The third kappa shape index (κ3) is 3.83. The van der Waals surface area contributed by atoms with E-state index in [-0.39, 0.29) is 17.2 Å². The van der Waals surface area contributed by atoms with Crippen molar-refractivity contribution >= 4 is 11.8 Å². The quantitative estimate of drug-likeness (QED) is 0.776. The summed E-state index contributed by atoms with van der Waals surface area (Å²) in [5, 5.41) is 0. The van der Waals surface area contributed by atoms with Crippen LogP contribution in [-0.2, 0) is 9.59 Å². The van der Waals surface area contributed by atoms with Gasteiger partial charge in [-0.1, -0.05) is 50.1 Å². The van der Waals surface area contributed by atoms with E-state index in [0.717, 1.165) is 50.9 Å². The number of hydrogen-bond acceptors (Lipinski definition) is 2. The van der Waals surface area contributed by atoms with Crippen LogP contribution in [0.2, 0.25) is 0 Å². The van der Waals surface area contributed by atoms with E-state index in [0.29, 0.717) is 18.4 Å². The second-order valence-corrected chi connectivity index (χ2v) is 9.16. The van der Waals surface area contributed by atoms with Gasteiger partial charge in [0.2, 0.25) is 11.8 Å². The Labute approximate surface area is 169 Å². The number of likely N-dealkylation sites (tertiary alicyclic amines) is 2. The predicted molar refractivity (Wildman–Crippen MR) is 111 cm³/mol. The van der Waals surface area contributed by atoms with Gasteiger partial charge in [-0.25, -0.2) is 0 Å². The number of nitrogens with zero attached hydrogens (tertiary/aromatic N) is 2. The molecular weight excluding hydrogens is 348 g/mol. The molecule has 1 aliphatic carbocycles. The summed E-state index contributed by atoms with van der Waals surface area (Å²) in [6.07, 6.45) is 9.53. The maximum absolute atomic E-state index is 13.2. The molecule has 0 N–H and O–H groups in total. The molecule has 3 aliphatic rings. The van der Waals surface area contributed by atoms with Crippen LogP contribution in [0.15, 0.2) is 30.3 Å². The number of carbonyl (C=O) groups excluding carboxylic acids is 2. The highest BCUT2D eigenvalue weighted by molar-refractivity contribution is 5.84. The van der Waals surface area contributed by atoms with Gasteiger partial charge >= 0.3 is 0 Å². The maximum Gasteiger partial charge on any atom is 0.230 e. The first-order valence-corrected chi connectivity index (χ1v) is 11.2. The van der Waals surface area contributed by atoms with Crippen molar-refractivity contribution in [3.05, 3.63) is 35.9 Å². The van der Waals surface area contributed by atoms with Gasteiger partial charge in [-0.15, -0.1) is 0 Å². The molecule has 0 bridgehead atoms. The molecule has 2 aliphatic heterocycles. The fourth-order valence-electron chi connectivity index (χ4n) is 5.66. The Balaban J connectivity index is 1.39. The number of benzene rings is 1. The minimum atomic E-state index is -0.0295. The molecule has 0 radical (unpaired) electrons. The molecule has 0 aromatic heterocycles. The van der Waals surface area contributed by atoms with Crippen LogP contribution in [0.1, 0.15) is 76.2 Å². The fourth-order valence-corrected chi connectivity index (χ4v) is 5.66. The summed E-state index contributed by atoms with van der Waals surface area (Å²) < 4.78 is 0. The SMILES string of the molecule is CCC(C(=O)N1CCC2(CCC(=O)N(C3CCCC3)C2)CC1)c1ccccc1. The predicted octanol–water partition coefficient (Wildman–Crippen LogP) is 4.35. The summed E-state index contributed by atoms with van der Waals surface area (Å²) in [7, 11) is 0. The Bertz CT molecular complexity index is 688. The average molecular weight is 383 g/mol. The molecule has 1 atom stereocenters. The van der Waals surface area contributed by atoms with Gasteiger partial charge < -0.3 is 9.80 Å².